The second-order valence-electron chi connectivity index (χ2n) is 4.54. The maximum Gasteiger partial charge on any atom is 0.255 e. The van der Waals surface area contributed by atoms with E-state index in [1.54, 1.807) is 18.2 Å². The van der Waals surface area contributed by atoms with Crippen molar-refractivity contribution in [3.8, 4) is 11.5 Å². The van der Waals surface area contributed by atoms with Gasteiger partial charge in [0.1, 0.15) is 11.5 Å². The zero-order chi connectivity index (χ0) is 16.6. The van der Waals surface area contributed by atoms with Gasteiger partial charge in [-0.25, -0.2) is 13.1 Å². The Morgan fingerprint density at radius 2 is 1.91 bits per heavy atom. The molecule has 0 aromatic heterocycles. The minimum atomic E-state index is -3.36. The zero-order valence-corrected chi connectivity index (χ0v) is 13.8. The number of carbonyl (C=O) groups excluding carboxylic acids is 1. The van der Waals surface area contributed by atoms with Crippen LogP contribution in [0.3, 0.4) is 0 Å². The Morgan fingerprint density at radius 1 is 1.18 bits per heavy atom. The molecule has 0 heterocycles. The maximum absolute atomic E-state index is 12.1. The summed E-state index contributed by atoms with van der Waals surface area (Å²) in [5.41, 5.74) is 0.321. The average Bonchev–Trinajstić information content (AvgIpc) is 2.51. The lowest BCUT2D eigenvalue weighted by Crippen LogP contribution is -2.34. The van der Waals surface area contributed by atoms with Crippen molar-refractivity contribution in [2.75, 3.05) is 33.1 Å². The Morgan fingerprint density at radius 3 is 2.50 bits per heavy atom. The molecular formula is C14H22N2O5S. The minimum absolute atomic E-state index is 0.0209. The van der Waals surface area contributed by atoms with Gasteiger partial charge in [-0.05, 0) is 18.6 Å². The number of amides is 1. The predicted molar refractivity (Wildman–Crippen MR) is 84.0 cm³/mol. The molecule has 0 radical (unpaired) electrons. The summed E-state index contributed by atoms with van der Waals surface area (Å²) >= 11 is 0. The number of methoxy groups -OCH3 is 2. The van der Waals surface area contributed by atoms with Gasteiger partial charge in [-0.2, -0.15) is 0 Å². The number of benzene rings is 1. The number of sulfonamides is 1. The molecule has 0 spiro atoms. The Bertz CT molecular complexity index is 601. The normalized spacial score (nSPS) is 11.0. The first kappa shape index (κ1) is 18.2. The molecule has 1 aromatic rings. The highest BCUT2D eigenvalue weighted by Gasteiger charge is 2.15. The molecule has 1 amide bonds. The number of carbonyl (C=O) groups is 1. The lowest BCUT2D eigenvalue weighted by Gasteiger charge is -2.11. The molecule has 0 atom stereocenters. The molecule has 0 aliphatic rings. The topological polar surface area (TPSA) is 93.7 Å². The number of rotatable bonds is 9. The predicted octanol–water partition coefficient (Wildman–Crippen LogP) is 0.763. The van der Waals surface area contributed by atoms with Gasteiger partial charge in [-0.15, -0.1) is 0 Å². The third-order valence-electron chi connectivity index (χ3n) is 2.88. The van der Waals surface area contributed by atoms with Crippen molar-refractivity contribution in [3.63, 3.8) is 0 Å². The summed E-state index contributed by atoms with van der Waals surface area (Å²) in [4.78, 5) is 12.1. The highest BCUT2D eigenvalue weighted by Crippen LogP contribution is 2.24. The number of hydrogen-bond donors (Lipinski definition) is 2. The van der Waals surface area contributed by atoms with Crippen molar-refractivity contribution in [2.24, 2.45) is 0 Å². The van der Waals surface area contributed by atoms with Crippen LogP contribution >= 0.6 is 0 Å². The van der Waals surface area contributed by atoms with Crippen LogP contribution < -0.4 is 19.5 Å². The van der Waals surface area contributed by atoms with Crippen molar-refractivity contribution < 1.29 is 22.7 Å². The molecular weight excluding hydrogens is 308 g/mol. The number of ether oxygens (including phenoxy) is 2. The minimum Gasteiger partial charge on any atom is -0.497 e. The van der Waals surface area contributed by atoms with Gasteiger partial charge < -0.3 is 14.8 Å². The van der Waals surface area contributed by atoms with Crippen molar-refractivity contribution in [1.82, 2.24) is 10.0 Å². The lowest BCUT2D eigenvalue weighted by atomic mass is 10.2. The average molecular weight is 330 g/mol. The SMILES string of the molecule is CCCNS(=O)(=O)CCNC(=O)c1ccc(OC)cc1OC. The molecule has 0 unspecified atom stereocenters. The van der Waals surface area contributed by atoms with Crippen LogP contribution in [0.25, 0.3) is 0 Å². The first-order valence-corrected chi connectivity index (χ1v) is 8.56. The van der Waals surface area contributed by atoms with Gasteiger partial charge in [0.15, 0.2) is 0 Å². The lowest BCUT2D eigenvalue weighted by molar-refractivity contribution is 0.0953. The van der Waals surface area contributed by atoms with Crippen LogP contribution in [0.1, 0.15) is 23.7 Å². The van der Waals surface area contributed by atoms with Crippen LogP contribution in [0, 0.1) is 0 Å². The van der Waals surface area contributed by atoms with Crippen molar-refractivity contribution in [2.45, 2.75) is 13.3 Å². The van der Waals surface area contributed by atoms with Crippen molar-refractivity contribution in [3.05, 3.63) is 23.8 Å². The van der Waals surface area contributed by atoms with Crippen LogP contribution in [0.2, 0.25) is 0 Å². The van der Waals surface area contributed by atoms with Crippen LogP contribution in [0.4, 0.5) is 0 Å². The molecule has 0 aliphatic heterocycles. The van der Waals surface area contributed by atoms with E-state index in [0.29, 0.717) is 30.0 Å². The van der Waals surface area contributed by atoms with Crippen molar-refractivity contribution in [1.29, 1.82) is 0 Å². The molecule has 0 fully saturated rings. The van der Waals surface area contributed by atoms with E-state index < -0.39 is 15.9 Å². The van der Waals surface area contributed by atoms with Crippen LogP contribution in [-0.2, 0) is 10.0 Å². The van der Waals surface area contributed by atoms with Gasteiger partial charge in [0.25, 0.3) is 5.91 Å². The highest BCUT2D eigenvalue weighted by atomic mass is 32.2. The fourth-order valence-corrected chi connectivity index (χ4v) is 2.74. The van der Waals surface area contributed by atoms with Crippen molar-refractivity contribution >= 4 is 15.9 Å². The van der Waals surface area contributed by atoms with Gasteiger partial charge in [-0.3, -0.25) is 4.79 Å². The molecule has 0 saturated heterocycles. The van der Waals surface area contributed by atoms with E-state index in [0.717, 1.165) is 0 Å². The van der Waals surface area contributed by atoms with E-state index in [1.807, 2.05) is 6.92 Å². The molecule has 22 heavy (non-hydrogen) atoms. The second kappa shape index (κ2) is 8.60. The van der Waals surface area contributed by atoms with Gasteiger partial charge in [-0.1, -0.05) is 6.92 Å². The fourth-order valence-electron chi connectivity index (χ4n) is 1.71. The molecule has 2 N–H and O–H groups in total. The van der Waals surface area contributed by atoms with E-state index >= 15 is 0 Å². The Balaban J connectivity index is 2.63. The standard InChI is InChI=1S/C14H22N2O5S/c1-4-7-16-22(18,19)9-8-15-14(17)12-6-5-11(20-2)10-13(12)21-3/h5-6,10,16H,4,7-9H2,1-3H3,(H,15,17). The second-order valence-corrected chi connectivity index (χ2v) is 6.46. The smallest absolute Gasteiger partial charge is 0.255 e. The summed E-state index contributed by atoms with van der Waals surface area (Å²) in [5.74, 6) is 0.366. The highest BCUT2D eigenvalue weighted by molar-refractivity contribution is 7.89. The van der Waals surface area contributed by atoms with E-state index in [-0.39, 0.29) is 12.3 Å². The van der Waals surface area contributed by atoms with Gasteiger partial charge in [0.05, 0.1) is 25.5 Å². The van der Waals surface area contributed by atoms with Gasteiger partial charge in [0.2, 0.25) is 10.0 Å². The summed E-state index contributed by atoms with van der Waals surface area (Å²) in [6, 6.07) is 4.79. The molecule has 1 rings (SSSR count). The largest absolute Gasteiger partial charge is 0.497 e. The summed E-state index contributed by atoms with van der Waals surface area (Å²) in [6.45, 7) is 2.29. The molecule has 124 valence electrons. The third kappa shape index (κ3) is 5.53. The van der Waals surface area contributed by atoms with E-state index in [1.165, 1.54) is 14.2 Å². The molecule has 0 saturated carbocycles. The monoisotopic (exact) mass is 330 g/mol. The summed E-state index contributed by atoms with van der Waals surface area (Å²) in [5, 5.41) is 2.56. The number of hydrogen-bond acceptors (Lipinski definition) is 5. The third-order valence-corrected chi connectivity index (χ3v) is 4.27. The Labute approximate surface area is 131 Å². The summed E-state index contributed by atoms with van der Waals surface area (Å²) in [7, 11) is -0.398. The molecule has 7 nitrogen and oxygen atoms in total. The summed E-state index contributed by atoms with van der Waals surface area (Å²) in [6.07, 6.45) is 0.717. The molecule has 0 aliphatic carbocycles. The molecule has 1 aromatic carbocycles. The molecule has 0 bridgehead atoms. The quantitative estimate of drug-likeness (QED) is 0.697. The fraction of sp³-hybridized carbons (Fsp3) is 0.500. The van der Waals surface area contributed by atoms with Gasteiger partial charge >= 0.3 is 0 Å². The number of nitrogens with one attached hydrogen (secondary N) is 2. The molecule has 8 heteroatoms. The van der Waals surface area contributed by atoms with E-state index in [9.17, 15) is 13.2 Å². The van der Waals surface area contributed by atoms with Crippen LogP contribution in [0.5, 0.6) is 11.5 Å². The maximum atomic E-state index is 12.1. The van der Waals surface area contributed by atoms with E-state index in [4.69, 9.17) is 9.47 Å². The van der Waals surface area contributed by atoms with E-state index in [2.05, 4.69) is 10.0 Å². The first-order valence-electron chi connectivity index (χ1n) is 6.91. The zero-order valence-electron chi connectivity index (χ0n) is 13.0. The van der Waals surface area contributed by atoms with Crippen LogP contribution in [-0.4, -0.2) is 47.4 Å². The Kier molecular flexibility index (Phi) is 7.13. The first-order chi connectivity index (χ1) is 10.4. The van der Waals surface area contributed by atoms with Crippen LogP contribution in [0.15, 0.2) is 18.2 Å². The van der Waals surface area contributed by atoms with Gasteiger partial charge in [0, 0.05) is 19.2 Å². The summed E-state index contributed by atoms with van der Waals surface area (Å²) < 4.78 is 35.9. The Hall–Kier alpha value is -1.80.